The van der Waals surface area contributed by atoms with Crippen LogP contribution < -0.4 is 11.1 Å². The third-order valence-corrected chi connectivity index (χ3v) is 4.05. The average molecular weight is 297 g/mol. The highest BCUT2D eigenvalue weighted by molar-refractivity contribution is 5.77. The molecule has 0 spiro atoms. The van der Waals surface area contributed by atoms with E-state index in [1.165, 1.54) is 25.7 Å². The van der Waals surface area contributed by atoms with Gasteiger partial charge in [-0.3, -0.25) is 9.69 Å². The first-order chi connectivity index (χ1) is 9.73. The summed E-state index contributed by atoms with van der Waals surface area (Å²) in [4.78, 5) is 14.8. The van der Waals surface area contributed by atoms with Gasteiger partial charge in [0.05, 0.1) is 0 Å². The van der Waals surface area contributed by atoms with E-state index >= 15 is 0 Å². The summed E-state index contributed by atoms with van der Waals surface area (Å²) in [6.07, 6.45) is 5.64. The van der Waals surface area contributed by atoms with E-state index in [0.29, 0.717) is 24.9 Å². The molecule has 4 nitrogen and oxygen atoms in total. The molecule has 0 aromatic heterocycles. The molecule has 0 saturated heterocycles. The van der Waals surface area contributed by atoms with Crippen molar-refractivity contribution in [3.8, 4) is 0 Å². The molecule has 1 aliphatic rings. The molecule has 1 unspecified atom stereocenters. The van der Waals surface area contributed by atoms with Crippen LogP contribution in [0.3, 0.4) is 0 Å². The molecule has 1 fully saturated rings. The first kappa shape index (κ1) is 18.4. The lowest BCUT2D eigenvalue weighted by Crippen LogP contribution is -2.51. The molecule has 1 atom stereocenters. The van der Waals surface area contributed by atoms with Crippen molar-refractivity contribution in [2.75, 3.05) is 13.1 Å². The Balaban J connectivity index is 2.69. The first-order valence-corrected chi connectivity index (χ1v) is 8.49. The van der Waals surface area contributed by atoms with Crippen molar-refractivity contribution >= 4 is 5.91 Å². The Morgan fingerprint density at radius 1 is 1.29 bits per heavy atom. The molecular formula is C17H35N3O. The number of carbonyl (C=O) groups excluding carboxylic acids is 1. The van der Waals surface area contributed by atoms with Gasteiger partial charge in [-0.05, 0) is 39.5 Å². The van der Waals surface area contributed by atoms with Crippen LogP contribution >= 0.6 is 0 Å². The number of hydrogen-bond acceptors (Lipinski definition) is 3. The summed E-state index contributed by atoms with van der Waals surface area (Å²) in [6, 6.07) is 0.779. The van der Waals surface area contributed by atoms with Crippen LogP contribution in [0, 0.1) is 5.92 Å². The number of hydrogen-bond donors (Lipinski definition) is 2. The topological polar surface area (TPSA) is 58.4 Å². The van der Waals surface area contributed by atoms with Gasteiger partial charge < -0.3 is 11.1 Å². The summed E-state index contributed by atoms with van der Waals surface area (Å²) in [5.74, 6) is 0.718. The fourth-order valence-electron chi connectivity index (χ4n) is 3.27. The maximum absolute atomic E-state index is 12.2. The number of rotatable bonds is 7. The lowest BCUT2D eigenvalue weighted by Gasteiger charge is -2.37. The average Bonchev–Trinajstić information content (AvgIpc) is 2.84. The van der Waals surface area contributed by atoms with E-state index < -0.39 is 0 Å². The van der Waals surface area contributed by atoms with Gasteiger partial charge in [0.25, 0.3) is 0 Å². The van der Waals surface area contributed by atoms with E-state index in [9.17, 15) is 4.79 Å². The molecule has 0 aliphatic heterocycles. The Labute approximate surface area is 130 Å². The number of amides is 1. The summed E-state index contributed by atoms with van der Waals surface area (Å²) in [5.41, 5.74) is 5.83. The van der Waals surface area contributed by atoms with E-state index in [0.717, 1.165) is 6.54 Å². The second kappa shape index (κ2) is 8.14. The molecule has 1 aliphatic carbocycles. The quantitative estimate of drug-likeness (QED) is 0.759. The molecule has 0 aromatic rings. The van der Waals surface area contributed by atoms with Gasteiger partial charge in [-0.1, -0.05) is 26.7 Å². The Hall–Kier alpha value is -0.610. The van der Waals surface area contributed by atoms with Gasteiger partial charge >= 0.3 is 0 Å². The zero-order chi connectivity index (χ0) is 16.0. The van der Waals surface area contributed by atoms with Crippen LogP contribution in [0.2, 0.25) is 0 Å². The van der Waals surface area contributed by atoms with Gasteiger partial charge in [0.2, 0.25) is 5.91 Å². The fraction of sp³-hybridized carbons (Fsp3) is 0.941. The second-order valence-electron chi connectivity index (χ2n) is 7.92. The Morgan fingerprint density at radius 3 is 2.29 bits per heavy atom. The van der Waals surface area contributed by atoms with E-state index in [2.05, 4.69) is 24.1 Å². The normalized spacial score (nSPS) is 18.5. The predicted octanol–water partition coefficient (Wildman–Crippen LogP) is 2.52. The molecule has 124 valence electrons. The van der Waals surface area contributed by atoms with Gasteiger partial charge in [-0.15, -0.1) is 0 Å². The number of carbonyl (C=O) groups is 1. The maximum atomic E-state index is 12.2. The largest absolute Gasteiger partial charge is 0.351 e. The van der Waals surface area contributed by atoms with Gasteiger partial charge in [0.1, 0.15) is 0 Å². The van der Waals surface area contributed by atoms with Gasteiger partial charge in [-0.25, -0.2) is 0 Å². The Morgan fingerprint density at radius 2 is 1.86 bits per heavy atom. The molecule has 3 N–H and O–H groups in total. The van der Waals surface area contributed by atoms with Gasteiger partial charge in [0.15, 0.2) is 0 Å². The van der Waals surface area contributed by atoms with Crippen molar-refractivity contribution in [1.29, 1.82) is 0 Å². The molecule has 1 amide bonds. The zero-order valence-corrected chi connectivity index (χ0v) is 14.6. The predicted molar refractivity (Wildman–Crippen MR) is 89.2 cm³/mol. The van der Waals surface area contributed by atoms with Crippen LogP contribution in [0.1, 0.15) is 66.7 Å². The van der Waals surface area contributed by atoms with Crippen molar-refractivity contribution in [3.05, 3.63) is 0 Å². The van der Waals surface area contributed by atoms with Gasteiger partial charge in [-0.2, -0.15) is 0 Å². The lowest BCUT2D eigenvalue weighted by molar-refractivity contribution is -0.124. The van der Waals surface area contributed by atoms with Crippen molar-refractivity contribution in [3.63, 3.8) is 0 Å². The maximum Gasteiger partial charge on any atom is 0.222 e. The minimum absolute atomic E-state index is 0.115. The molecule has 1 saturated carbocycles. The summed E-state index contributed by atoms with van der Waals surface area (Å²) >= 11 is 0. The zero-order valence-electron chi connectivity index (χ0n) is 14.6. The summed E-state index contributed by atoms with van der Waals surface area (Å²) in [6.45, 7) is 12.1. The minimum atomic E-state index is -0.174. The van der Waals surface area contributed by atoms with Crippen molar-refractivity contribution in [2.24, 2.45) is 11.7 Å². The molecule has 0 heterocycles. The van der Waals surface area contributed by atoms with Crippen LogP contribution in [0.5, 0.6) is 0 Å². The molecule has 0 radical (unpaired) electrons. The third-order valence-electron chi connectivity index (χ3n) is 4.05. The van der Waals surface area contributed by atoms with Crippen LogP contribution in [-0.2, 0) is 4.79 Å². The van der Waals surface area contributed by atoms with E-state index in [1.54, 1.807) is 0 Å². The molecule has 4 heteroatoms. The van der Waals surface area contributed by atoms with Crippen LogP contribution in [0.4, 0.5) is 0 Å². The Kier molecular flexibility index (Phi) is 7.14. The van der Waals surface area contributed by atoms with Gasteiger partial charge in [0, 0.05) is 37.1 Å². The highest BCUT2D eigenvalue weighted by Crippen LogP contribution is 2.26. The molecule has 0 aromatic carbocycles. The first-order valence-electron chi connectivity index (χ1n) is 8.49. The minimum Gasteiger partial charge on any atom is -0.351 e. The summed E-state index contributed by atoms with van der Waals surface area (Å²) < 4.78 is 0. The Bertz CT molecular complexity index is 316. The third kappa shape index (κ3) is 6.79. The number of nitrogens with zero attached hydrogens (tertiary/aromatic N) is 1. The monoisotopic (exact) mass is 297 g/mol. The molecule has 0 bridgehead atoms. The molecular weight excluding hydrogens is 262 g/mol. The highest BCUT2D eigenvalue weighted by Gasteiger charge is 2.30. The SMILES string of the molecule is CC(C)CN(C1CCCC1)C(CN)CC(=O)NC(C)(C)C. The van der Waals surface area contributed by atoms with Crippen molar-refractivity contribution in [2.45, 2.75) is 84.3 Å². The standard InChI is InChI=1S/C17H35N3O/c1-13(2)12-20(14-8-6-7-9-14)15(11-18)10-16(21)19-17(3,4)5/h13-15H,6-12,18H2,1-5H3,(H,19,21). The van der Waals surface area contributed by atoms with Crippen molar-refractivity contribution in [1.82, 2.24) is 10.2 Å². The van der Waals surface area contributed by atoms with E-state index in [-0.39, 0.29) is 17.5 Å². The number of nitrogens with one attached hydrogen (secondary N) is 1. The fourth-order valence-corrected chi connectivity index (χ4v) is 3.27. The van der Waals surface area contributed by atoms with Crippen LogP contribution in [0.25, 0.3) is 0 Å². The molecule has 21 heavy (non-hydrogen) atoms. The molecule has 1 rings (SSSR count). The number of nitrogens with two attached hydrogens (primary N) is 1. The van der Waals surface area contributed by atoms with Crippen LogP contribution in [0.15, 0.2) is 0 Å². The second-order valence-corrected chi connectivity index (χ2v) is 7.92. The smallest absolute Gasteiger partial charge is 0.222 e. The van der Waals surface area contributed by atoms with E-state index in [1.807, 2.05) is 20.8 Å². The summed E-state index contributed by atoms with van der Waals surface area (Å²) in [5, 5.41) is 3.06. The highest BCUT2D eigenvalue weighted by atomic mass is 16.1. The lowest BCUT2D eigenvalue weighted by atomic mass is 10.0. The van der Waals surface area contributed by atoms with E-state index in [4.69, 9.17) is 5.73 Å². The van der Waals surface area contributed by atoms with Crippen molar-refractivity contribution < 1.29 is 4.79 Å². The summed E-state index contributed by atoms with van der Waals surface area (Å²) in [7, 11) is 0. The van der Waals surface area contributed by atoms with Crippen LogP contribution in [-0.4, -0.2) is 41.5 Å².